The van der Waals surface area contributed by atoms with Crippen molar-refractivity contribution in [3.63, 3.8) is 0 Å². The molecular weight excluding hydrogens is 370 g/mol. The largest absolute Gasteiger partial charge is 0.481 e. The third-order valence-corrected chi connectivity index (χ3v) is 4.70. The maximum Gasteiger partial charge on any atom is 0.303 e. The Hall–Kier alpha value is -2.14. The second-order valence-electron chi connectivity index (χ2n) is 5.86. The first-order valence-electron chi connectivity index (χ1n) is 8.00. The molecule has 1 N–H and O–H groups in total. The van der Waals surface area contributed by atoms with Gasteiger partial charge < -0.3 is 9.67 Å². The van der Waals surface area contributed by atoms with Gasteiger partial charge in [0.1, 0.15) is 0 Å². The quantitative estimate of drug-likeness (QED) is 0.498. The summed E-state index contributed by atoms with van der Waals surface area (Å²) in [6, 6.07) is 13.4. The van der Waals surface area contributed by atoms with Crippen LogP contribution in [0.1, 0.15) is 25.7 Å². The molecule has 0 amide bonds. The highest BCUT2D eigenvalue weighted by Gasteiger charge is 2.10. The van der Waals surface area contributed by atoms with Gasteiger partial charge in [-0.05, 0) is 43.2 Å². The molecule has 24 heavy (non-hydrogen) atoms. The number of aromatic nitrogens is 1. The van der Waals surface area contributed by atoms with Gasteiger partial charge in [-0.25, -0.2) is 0 Å². The lowest BCUT2D eigenvalue weighted by Crippen LogP contribution is -2.11. The van der Waals surface area contributed by atoms with E-state index in [1.54, 1.807) is 0 Å². The molecule has 0 fully saturated rings. The smallest absolute Gasteiger partial charge is 0.303 e. The molecule has 0 bridgehead atoms. The van der Waals surface area contributed by atoms with Gasteiger partial charge in [0.25, 0.3) is 0 Å². The van der Waals surface area contributed by atoms with Crippen LogP contribution >= 0.6 is 15.9 Å². The number of aliphatic carboxylic acids is 1. The second-order valence-corrected chi connectivity index (χ2v) is 6.78. The second kappa shape index (κ2) is 7.18. The Morgan fingerprint density at radius 2 is 1.75 bits per heavy atom. The van der Waals surface area contributed by atoms with Crippen molar-refractivity contribution in [2.24, 2.45) is 0 Å². The summed E-state index contributed by atoms with van der Waals surface area (Å²) in [6.45, 7) is 0.762. The van der Waals surface area contributed by atoms with Crippen molar-refractivity contribution in [2.45, 2.75) is 32.2 Å². The number of carbonyl (C=O) groups is 1. The van der Waals surface area contributed by atoms with E-state index in [1.807, 2.05) is 42.5 Å². The zero-order chi connectivity index (χ0) is 17.1. The Balaban J connectivity index is 2.02. The molecule has 1 heterocycles. The molecule has 0 saturated carbocycles. The number of pyridine rings is 1. The maximum atomic E-state index is 12.7. The number of hydrogen-bond acceptors (Lipinski definition) is 2. The number of halogens is 1. The number of unbranched alkanes of at least 4 members (excludes halogenated alkanes) is 2. The number of carboxylic acid groups (broad SMARTS) is 1. The summed E-state index contributed by atoms with van der Waals surface area (Å²) in [7, 11) is 0. The van der Waals surface area contributed by atoms with E-state index in [2.05, 4.69) is 20.5 Å². The van der Waals surface area contributed by atoms with Crippen molar-refractivity contribution in [2.75, 3.05) is 0 Å². The normalized spacial score (nSPS) is 11.2. The van der Waals surface area contributed by atoms with Crippen molar-refractivity contribution in [1.29, 1.82) is 0 Å². The van der Waals surface area contributed by atoms with E-state index in [0.717, 1.165) is 34.9 Å². The van der Waals surface area contributed by atoms with Crippen LogP contribution in [0.3, 0.4) is 0 Å². The number of carboxylic acids is 1. The Morgan fingerprint density at radius 3 is 2.54 bits per heavy atom. The van der Waals surface area contributed by atoms with Crippen LogP contribution < -0.4 is 5.43 Å². The fourth-order valence-corrected chi connectivity index (χ4v) is 3.43. The van der Waals surface area contributed by atoms with E-state index in [0.29, 0.717) is 17.2 Å². The van der Waals surface area contributed by atoms with Gasteiger partial charge in [-0.1, -0.05) is 34.5 Å². The van der Waals surface area contributed by atoms with Gasteiger partial charge in [0.2, 0.25) is 0 Å². The summed E-state index contributed by atoms with van der Waals surface area (Å²) in [4.78, 5) is 23.4. The summed E-state index contributed by atoms with van der Waals surface area (Å²) in [6.07, 6.45) is 2.62. The maximum absolute atomic E-state index is 12.7. The van der Waals surface area contributed by atoms with Crippen molar-refractivity contribution in [3.05, 3.63) is 57.2 Å². The average Bonchev–Trinajstić information content (AvgIpc) is 2.57. The molecule has 3 aromatic rings. The van der Waals surface area contributed by atoms with Gasteiger partial charge in [-0.2, -0.15) is 0 Å². The van der Waals surface area contributed by atoms with Crippen LogP contribution in [-0.4, -0.2) is 15.6 Å². The van der Waals surface area contributed by atoms with Gasteiger partial charge >= 0.3 is 5.97 Å². The first-order chi connectivity index (χ1) is 11.6. The number of rotatable bonds is 6. The summed E-state index contributed by atoms with van der Waals surface area (Å²) in [5, 5.41) is 10.1. The molecule has 5 heteroatoms. The third-order valence-electron chi connectivity index (χ3n) is 4.21. The minimum atomic E-state index is -0.751. The number of nitrogens with zero attached hydrogens (tertiary/aromatic N) is 1. The van der Waals surface area contributed by atoms with Gasteiger partial charge in [0.15, 0.2) is 5.43 Å². The van der Waals surface area contributed by atoms with E-state index < -0.39 is 5.97 Å². The zero-order valence-corrected chi connectivity index (χ0v) is 14.8. The van der Waals surface area contributed by atoms with Crippen LogP contribution in [-0.2, 0) is 11.3 Å². The molecule has 0 aliphatic rings. The van der Waals surface area contributed by atoms with Crippen LogP contribution in [0.5, 0.6) is 0 Å². The minimum absolute atomic E-state index is 0.0454. The number of para-hydroxylation sites is 1. The lowest BCUT2D eigenvalue weighted by Gasteiger charge is -2.15. The van der Waals surface area contributed by atoms with Gasteiger partial charge in [-0.3, -0.25) is 9.59 Å². The van der Waals surface area contributed by atoms with E-state index in [1.165, 1.54) is 0 Å². The first-order valence-corrected chi connectivity index (χ1v) is 8.80. The lowest BCUT2D eigenvalue weighted by atomic mass is 10.1. The number of aryl methyl sites for hydroxylation is 1. The number of benzene rings is 2. The topological polar surface area (TPSA) is 59.3 Å². The van der Waals surface area contributed by atoms with Crippen LogP contribution in [0.15, 0.2) is 51.7 Å². The molecule has 2 aromatic carbocycles. The molecular formula is C19H18BrNO3. The highest BCUT2D eigenvalue weighted by molar-refractivity contribution is 9.10. The summed E-state index contributed by atoms with van der Waals surface area (Å²) in [5.74, 6) is -0.751. The predicted octanol–water partition coefficient (Wildman–Crippen LogP) is 4.56. The van der Waals surface area contributed by atoms with Crippen molar-refractivity contribution < 1.29 is 9.90 Å². The minimum Gasteiger partial charge on any atom is -0.481 e. The molecule has 0 saturated heterocycles. The monoisotopic (exact) mass is 387 g/mol. The van der Waals surface area contributed by atoms with Crippen LogP contribution in [0.4, 0.5) is 0 Å². The van der Waals surface area contributed by atoms with Crippen LogP contribution in [0, 0.1) is 0 Å². The highest BCUT2D eigenvalue weighted by atomic mass is 79.9. The molecule has 1 aromatic heterocycles. The van der Waals surface area contributed by atoms with Crippen LogP contribution in [0.25, 0.3) is 21.8 Å². The summed E-state index contributed by atoms with van der Waals surface area (Å²) in [5.41, 5.74) is 1.89. The van der Waals surface area contributed by atoms with Crippen molar-refractivity contribution >= 4 is 43.7 Å². The van der Waals surface area contributed by atoms with E-state index in [-0.39, 0.29) is 11.8 Å². The molecule has 124 valence electrons. The summed E-state index contributed by atoms with van der Waals surface area (Å²) >= 11 is 3.44. The molecule has 0 radical (unpaired) electrons. The zero-order valence-electron chi connectivity index (χ0n) is 13.2. The summed E-state index contributed by atoms with van der Waals surface area (Å²) < 4.78 is 3.05. The molecule has 0 aliphatic heterocycles. The SMILES string of the molecule is O=C(O)CCCCCn1c2ccccc2c(=O)c2cc(Br)ccc21. The highest BCUT2D eigenvalue weighted by Crippen LogP contribution is 2.23. The van der Waals surface area contributed by atoms with Gasteiger partial charge in [-0.15, -0.1) is 0 Å². The number of fused-ring (bicyclic) bond motifs is 2. The first kappa shape index (κ1) is 16.7. The van der Waals surface area contributed by atoms with E-state index in [9.17, 15) is 9.59 Å². The van der Waals surface area contributed by atoms with Gasteiger partial charge in [0, 0.05) is 28.2 Å². The molecule has 0 spiro atoms. The third kappa shape index (κ3) is 3.36. The Labute approximate surface area is 147 Å². The number of hydrogen-bond donors (Lipinski definition) is 1. The molecule has 0 unspecified atom stereocenters. The Kier molecular flexibility index (Phi) is 5.00. The molecule has 4 nitrogen and oxygen atoms in total. The van der Waals surface area contributed by atoms with Gasteiger partial charge in [0.05, 0.1) is 11.0 Å². The fraction of sp³-hybridized carbons (Fsp3) is 0.263. The fourth-order valence-electron chi connectivity index (χ4n) is 3.07. The molecule has 0 atom stereocenters. The Morgan fingerprint density at radius 1 is 1.00 bits per heavy atom. The molecule has 0 aliphatic carbocycles. The Bertz CT molecular complexity index is 962. The standard InChI is InChI=1S/C19H18BrNO3/c20-13-9-10-17-15(12-13)19(24)14-6-3-4-7-16(14)21(17)11-5-1-2-8-18(22)23/h3-4,6-7,9-10,12H,1-2,5,8,11H2,(H,22,23). The van der Waals surface area contributed by atoms with Crippen molar-refractivity contribution in [3.8, 4) is 0 Å². The predicted molar refractivity (Wildman–Crippen MR) is 99.5 cm³/mol. The van der Waals surface area contributed by atoms with E-state index in [4.69, 9.17) is 5.11 Å². The lowest BCUT2D eigenvalue weighted by molar-refractivity contribution is -0.137. The average molecular weight is 388 g/mol. The van der Waals surface area contributed by atoms with Crippen molar-refractivity contribution in [1.82, 2.24) is 4.57 Å². The van der Waals surface area contributed by atoms with Crippen LogP contribution in [0.2, 0.25) is 0 Å². The van der Waals surface area contributed by atoms with E-state index >= 15 is 0 Å². The molecule has 3 rings (SSSR count).